The van der Waals surface area contributed by atoms with Crippen LogP contribution in [0.4, 0.5) is 0 Å². The van der Waals surface area contributed by atoms with Gasteiger partial charge >= 0.3 is 0 Å². The van der Waals surface area contributed by atoms with Crippen LogP contribution >= 0.6 is 11.6 Å². The second kappa shape index (κ2) is 3.64. The van der Waals surface area contributed by atoms with Gasteiger partial charge in [0.05, 0.1) is 12.0 Å². The van der Waals surface area contributed by atoms with Crippen molar-refractivity contribution in [3.8, 4) is 6.07 Å². The van der Waals surface area contributed by atoms with Crippen molar-refractivity contribution in [3.05, 3.63) is 23.3 Å². The summed E-state index contributed by atoms with van der Waals surface area (Å²) in [4.78, 5) is -0.427. The summed E-state index contributed by atoms with van der Waals surface area (Å²) in [5.41, 5.74) is 2.68. The average molecular weight is 234 g/mol. The SMILES string of the molecule is N#C[C@H]1CC2C=C3CCCCCC(=C2)C31Cl. The summed E-state index contributed by atoms with van der Waals surface area (Å²) in [5.74, 6) is 0.477. The van der Waals surface area contributed by atoms with Gasteiger partial charge in [0.2, 0.25) is 0 Å². The largest absolute Gasteiger partial charge is 0.198 e. The minimum atomic E-state index is -0.427. The number of hydrogen-bond acceptors (Lipinski definition) is 1. The summed E-state index contributed by atoms with van der Waals surface area (Å²) in [6, 6.07) is 2.44. The van der Waals surface area contributed by atoms with Crippen LogP contribution in [0.25, 0.3) is 0 Å². The zero-order valence-electron chi connectivity index (χ0n) is 9.38. The summed E-state index contributed by atoms with van der Waals surface area (Å²) < 4.78 is 0. The minimum Gasteiger partial charge on any atom is -0.198 e. The van der Waals surface area contributed by atoms with Gasteiger partial charge in [0.1, 0.15) is 4.87 Å². The fourth-order valence-corrected chi connectivity index (χ4v) is 3.96. The molecule has 0 aliphatic heterocycles. The average Bonchev–Trinajstić information content (AvgIpc) is 2.29. The fraction of sp³-hybridized carbons (Fsp3) is 0.643. The van der Waals surface area contributed by atoms with Gasteiger partial charge in [-0.25, -0.2) is 0 Å². The normalized spacial score (nSPS) is 41.5. The number of allylic oxidation sites excluding steroid dienone is 4. The lowest BCUT2D eigenvalue weighted by Gasteiger charge is -2.46. The third-order valence-electron chi connectivity index (χ3n) is 4.30. The molecular weight excluding hydrogens is 218 g/mol. The van der Waals surface area contributed by atoms with Gasteiger partial charge in [-0.3, -0.25) is 0 Å². The molecule has 4 bridgehead atoms. The van der Waals surface area contributed by atoms with E-state index in [0.29, 0.717) is 5.92 Å². The van der Waals surface area contributed by atoms with Crippen LogP contribution in [0.3, 0.4) is 0 Å². The summed E-state index contributed by atoms with van der Waals surface area (Å²) in [6.07, 6.45) is 11.5. The fourth-order valence-electron chi connectivity index (χ4n) is 3.51. The first kappa shape index (κ1) is 10.4. The number of halogens is 1. The molecule has 0 heterocycles. The van der Waals surface area contributed by atoms with E-state index < -0.39 is 4.87 Å². The molecule has 2 heteroatoms. The number of hydrogen-bond donors (Lipinski definition) is 0. The molecule has 4 aliphatic carbocycles. The van der Waals surface area contributed by atoms with Gasteiger partial charge in [-0.1, -0.05) is 18.6 Å². The first-order valence-electron chi connectivity index (χ1n) is 6.26. The van der Waals surface area contributed by atoms with Gasteiger partial charge in [0, 0.05) is 0 Å². The van der Waals surface area contributed by atoms with E-state index in [9.17, 15) is 5.26 Å². The summed E-state index contributed by atoms with van der Waals surface area (Å²) in [7, 11) is 0. The molecule has 0 aromatic rings. The maximum atomic E-state index is 9.31. The van der Waals surface area contributed by atoms with Gasteiger partial charge in [-0.05, 0) is 49.2 Å². The van der Waals surface area contributed by atoms with Crippen LogP contribution < -0.4 is 0 Å². The first-order chi connectivity index (χ1) is 7.75. The van der Waals surface area contributed by atoms with E-state index in [1.54, 1.807) is 0 Å². The van der Waals surface area contributed by atoms with E-state index in [4.69, 9.17) is 11.6 Å². The highest BCUT2D eigenvalue weighted by molar-refractivity contribution is 6.28. The second-order valence-corrected chi connectivity index (χ2v) is 5.83. The number of fused-ring (bicyclic) bond motifs is 1. The Morgan fingerprint density at radius 2 is 1.81 bits per heavy atom. The molecule has 4 rings (SSSR count). The van der Waals surface area contributed by atoms with Crippen molar-refractivity contribution < 1.29 is 0 Å². The van der Waals surface area contributed by atoms with Gasteiger partial charge in [-0.2, -0.15) is 5.26 Å². The summed E-state index contributed by atoms with van der Waals surface area (Å²) in [6.45, 7) is 0. The predicted molar refractivity (Wildman–Crippen MR) is 65.0 cm³/mol. The molecule has 1 atom stereocenters. The number of nitrogens with zero attached hydrogens (tertiary/aromatic N) is 1. The summed E-state index contributed by atoms with van der Waals surface area (Å²) in [5, 5.41) is 9.31. The third kappa shape index (κ3) is 1.29. The van der Waals surface area contributed by atoms with Crippen LogP contribution in [0.2, 0.25) is 0 Å². The molecule has 0 radical (unpaired) electrons. The maximum Gasteiger partial charge on any atom is 0.102 e. The van der Waals surface area contributed by atoms with Crippen LogP contribution in [0, 0.1) is 23.2 Å². The quantitative estimate of drug-likeness (QED) is 0.459. The Kier molecular flexibility index (Phi) is 2.37. The Morgan fingerprint density at radius 1 is 1.19 bits per heavy atom. The lowest BCUT2D eigenvalue weighted by Crippen LogP contribution is -2.44. The molecule has 1 saturated carbocycles. The zero-order chi connectivity index (χ0) is 11.2. The highest BCUT2D eigenvalue weighted by Crippen LogP contribution is 2.54. The molecular formula is C14H16ClN. The zero-order valence-corrected chi connectivity index (χ0v) is 10.1. The molecule has 1 nitrogen and oxygen atoms in total. The van der Waals surface area contributed by atoms with E-state index in [1.165, 1.54) is 30.4 Å². The van der Waals surface area contributed by atoms with Crippen molar-refractivity contribution in [1.82, 2.24) is 0 Å². The van der Waals surface area contributed by atoms with Gasteiger partial charge in [0.25, 0.3) is 0 Å². The van der Waals surface area contributed by atoms with Crippen LogP contribution in [-0.2, 0) is 0 Å². The van der Waals surface area contributed by atoms with Gasteiger partial charge in [-0.15, -0.1) is 11.6 Å². The first-order valence-corrected chi connectivity index (χ1v) is 6.64. The lowest BCUT2D eigenvalue weighted by atomic mass is 9.62. The van der Waals surface area contributed by atoms with Crippen molar-refractivity contribution >= 4 is 11.6 Å². The van der Waals surface area contributed by atoms with Crippen molar-refractivity contribution in [2.75, 3.05) is 0 Å². The van der Waals surface area contributed by atoms with Crippen LogP contribution in [-0.4, -0.2) is 4.87 Å². The smallest absolute Gasteiger partial charge is 0.102 e. The molecule has 1 fully saturated rings. The van der Waals surface area contributed by atoms with Gasteiger partial charge < -0.3 is 0 Å². The van der Waals surface area contributed by atoms with Crippen LogP contribution in [0.15, 0.2) is 23.3 Å². The number of alkyl halides is 1. The number of rotatable bonds is 0. The Morgan fingerprint density at radius 3 is 2.38 bits per heavy atom. The van der Waals surface area contributed by atoms with E-state index in [2.05, 4.69) is 18.2 Å². The van der Waals surface area contributed by atoms with Crippen molar-refractivity contribution in [2.24, 2.45) is 11.8 Å². The highest BCUT2D eigenvalue weighted by Gasteiger charge is 2.50. The monoisotopic (exact) mass is 233 g/mol. The molecule has 0 aromatic carbocycles. The second-order valence-electron chi connectivity index (χ2n) is 5.24. The van der Waals surface area contributed by atoms with Crippen molar-refractivity contribution in [3.63, 3.8) is 0 Å². The van der Waals surface area contributed by atoms with Crippen molar-refractivity contribution in [2.45, 2.75) is 43.4 Å². The van der Waals surface area contributed by atoms with E-state index >= 15 is 0 Å². The Balaban J connectivity index is 2.08. The molecule has 4 aliphatic rings. The van der Waals surface area contributed by atoms with Crippen LogP contribution in [0.5, 0.6) is 0 Å². The Hall–Kier alpha value is -0.740. The predicted octanol–water partition coefficient (Wildman–Crippen LogP) is 3.95. The summed E-state index contributed by atoms with van der Waals surface area (Å²) >= 11 is 6.85. The molecule has 16 heavy (non-hydrogen) atoms. The molecule has 0 aromatic heterocycles. The van der Waals surface area contributed by atoms with E-state index in [-0.39, 0.29) is 5.92 Å². The Labute approximate surface area is 102 Å². The van der Waals surface area contributed by atoms with Gasteiger partial charge in [0.15, 0.2) is 0 Å². The van der Waals surface area contributed by atoms with E-state index in [1.807, 2.05) is 0 Å². The molecule has 0 amide bonds. The number of nitriles is 1. The molecule has 0 N–H and O–H groups in total. The lowest BCUT2D eigenvalue weighted by molar-refractivity contribution is 0.384. The molecule has 0 spiro atoms. The molecule has 0 unspecified atom stereocenters. The maximum absolute atomic E-state index is 9.31. The van der Waals surface area contributed by atoms with E-state index in [0.717, 1.165) is 19.3 Å². The van der Waals surface area contributed by atoms with Crippen LogP contribution in [0.1, 0.15) is 38.5 Å². The highest BCUT2D eigenvalue weighted by atomic mass is 35.5. The molecule has 84 valence electrons. The Bertz CT molecular complexity index is 389. The standard InChI is InChI=1S/C14H16ClN/c15-14-11-4-2-1-3-5-12(14)7-10(6-11)8-13(14)9-16/h6-7,10,13H,1-5,8H2/t10?,13-,14?/m1/s1. The third-order valence-corrected chi connectivity index (χ3v) is 5.05. The topological polar surface area (TPSA) is 23.8 Å². The van der Waals surface area contributed by atoms with Crippen molar-refractivity contribution in [1.29, 1.82) is 5.26 Å². The minimum absolute atomic E-state index is 0.00253. The molecule has 0 saturated heterocycles.